The van der Waals surface area contributed by atoms with E-state index in [4.69, 9.17) is 0 Å². The molecule has 4 nitrogen and oxygen atoms in total. The summed E-state index contributed by atoms with van der Waals surface area (Å²) < 4.78 is 35.5. The van der Waals surface area contributed by atoms with Crippen molar-refractivity contribution < 1.29 is 27.8 Å². The summed E-state index contributed by atoms with van der Waals surface area (Å²) in [6.45, 7) is 0. The highest BCUT2D eigenvalue weighted by Crippen LogP contribution is 2.27. The van der Waals surface area contributed by atoms with Crippen molar-refractivity contribution in [2.45, 2.75) is 0 Å². The molecule has 0 aromatic heterocycles. The van der Waals surface area contributed by atoms with E-state index in [1.165, 1.54) is 0 Å². The van der Waals surface area contributed by atoms with Gasteiger partial charge in [-0.15, -0.1) is 0 Å². The van der Waals surface area contributed by atoms with E-state index in [0.29, 0.717) is 6.07 Å². The molecular weight excluding hydrogens is 222 g/mol. The van der Waals surface area contributed by atoms with Gasteiger partial charge >= 0.3 is 5.97 Å². The summed E-state index contributed by atoms with van der Waals surface area (Å²) in [7, 11) is 2.06. The van der Waals surface area contributed by atoms with Crippen LogP contribution < -0.4 is 4.74 Å². The number of carbonyl (C=O) groups is 2. The smallest absolute Gasteiger partial charge is 0.341 e. The largest absolute Gasteiger partial charge is 0.491 e. The molecule has 1 rings (SSSR count). The zero-order valence-corrected chi connectivity index (χ0v) is 8.54. The van der Waals surface area contributed by atoms with E-state index >= 15 is 0 Å². The molecule has 0 heterocycles. The van der Waals surface area contributed by atoms with Crippen LogP contribution >= 0.6 is 0 Å². The van der Waals surface area contributed by atoms with Crippen LogP contribution in [0.4, 0.5) is 8.78 Å². The summed E-state index contributed by atoms with van der Waals surface area (Å²) in [6, 6.07) is 0.709. The Labute approximate surface area is 89.8 Å². The number of esters is 1. The van der Waals surface area contributed by atoms with Crippen molar-refractivity contribution in [2.75, 3.05) is 14.2 Å². The Bertz CT molecular complexity index is 443. The van der Waals surface area contributed by atoms with Crippen molar-refractivity contribution in [3.63, 3.8) is 0 Å². The molecule has 16 heavy (non-hydrogen) atoms. The molecule has 0 fully saturated rings. The van der Waals surface area contributed by atoms with Crippen LogP contribution in [0.15, 0.2) is 6.07 Å². The molecule has 1 aromatic rings. The monoisotopic (exact) mass is 230 g/mol. The van der Waals surface area contributed by atoms with Crippen LogP contribution in [-0.2, 0) is 4.74 Å². The normalized spacial score (nSPS) is 9.75. The number of benzene rings is 1. The van der Waals surface area contributed by atoms with E-state index in [2.05, 4.69) is 9.47 Å². The fourth-order valence-electron chi connectivity index (χ4n) is 1.21. The van der Waals surface area contributed by atoms with Gasteiger partial charge in [-0.05, 0) is 6.07 Å². The Morgan fingerprint density at radius 1 is 1.38 bits per heavy atom. The molecule has 0 saturated heterocycles. The number of hydrogen-bond donors (Lipinski definition) is 0. The van der Waals surface area contributed by atoms with Crippen molar-refractivity contribution in [3.8, 4) is 5.75 Å². The lowest BCUT2D eigenvalue weighted by Gasteiger charge is -2.09. The molecule has 0 spiro atoms. The number of halogens is 2. The zero-order chi connectivity index (χ0) is 12.3. The third-order valence-electron chi connectivity index (χ3n) is 1.93. The van der Waals surface area contributed by atoms with E-state index < -0.39 is 34.5 Å². The molecule has 0 aliphatic carbocycles. The molecular formula is C10H8F2O4. The second-order valence-electron chi connectivity index (χ2n) is 2.78. The Morgan fingerprint density at radius 3 is 2.44 bits per heavy atom. The van der Waals surface area contributed by atoms with E-state index in [0.717, 1.165) is 14.2 Å². The molecule has 0 saturated carbocycles. The minimum Gasteiger partial charge on any atom is -0.491 e. The first-order chi connectivity index (χ1) is 7.56. The number of aldehydes is 1. The van der Waals surface area contributed by atoms with Crippen LogP contribution in [0.25, 0.3) is 0 Å². The zero-order valence-electron chi connectivity index (χ0n) is 8.54. The van der Waals surface area contributed by atoms with Gasteiger partial charge in [0.25, 0.3) is 0 Å². The minimum absolute atomic E-state index is 0.165. The quantitative estimate of drug-likeness (QED) is 0.584. The van der Waals surface area contributed by atoms with Gasteiger partial charge in [0.1, 0.15) is 5.56 Å². The van der Waals surface area contributed by atoms with Crippen LogP contribution in [0.1, 0.15) is 20.7 Å². The molecule has 0 amide bonds. The van der Waals surface area contributed by atoms with Crippen LogP contribution in [0, 0.1) is 11.6 Å². The predicted molar refractivity (Wildman–Crippen MR) is 49.6 cm³/mol. The summed E-state index contributed by atoms with van der Waals surface area (Å²) >= 11 is 0. The number of ether oxygens (including phenoxy) is 2. The first-order valence-corrected chi connectivity index (χ1v) is 4.16. The van der Waals surface area contributed by atoms with Gasteiger partial charge in [-0.3, -0.25) is 4.79 Å². The highest BCUT2D eigenvalue weighted by Gasteiger charge is 2.24. The lowest BCUT2D eigenvalue weighted by atomic mass is 10.1. The van der Waals surface area contributed by atoms with E-state index in [-0.39, 0.29) is 6.29 Å². The van der Waals surface area contributed by atoms with Gasteiger partial charge in [-0.1, -0.05) is 0 Å². The summed E-state index contributed by atoms with van der Waals surface area (Å²) in [4.78, 5) is 21.8. The fraction of sp³-hybridized carbons (Fsp3) is 0.200. The lowest BCUT2D eigenvalue weighted by molar-refractivity contribution is 0.0592. The van der Waals surface area contributed by atoms with Crippen LogP contribution in [0.5, 0.6) is 5.75 Å². The van der Waals surface area contributed by atoms with Crippen LogP contribution in [-0.4, -0.2) is 26.5 Å². The highest BCUT2D eigenvalue weighted by atomic mass is 19.1. The Balaban J connectivity index is 3.55. The molecule has 0 bridgehead atoms. The molecule has 6 heteroatoms. The summed E-state index contributed by atoms with van der Waals surface area (Å²) in [5, 5.41) is 0. The summed E-state index contributed by atoms with van der Waals surface area (Å²) in [6.07, 6.45) is 0.165. The van der Waals surface area contributed by atoms with Crippen molar-refractivity contribution in [3.05, 3.63) is 28.8 Å². The average Bonchev–Trinajstić information content (AvgIpc) is 2.27. The minimum atomic E-state index is -1.25. The van der Waals surface area contributed by atoms with Gasteiger partial charge in [0.05, 0.1) is 14.2 Å². The maximum absolute atomic E-state index is 13.6. The van der Waals surface area contributed by atoms with Gasteiger partial charge in [-0.2, -0.15) is 0 Å². The average molecular weight is 230 g/mol. The van der Waals surface area contributed by atoms with E-state index in [1.54, 1.807) is 0 Å². The summed E-state index contributed by atoms with van der Waals surface area (Å²) in [5.74, 6) is -4.12. The highest BCUT2D eigenvalue weighted by molar-refractivity contribution is 5.99. The van der Waals surface area contributed by atoms with Crippen molar-refractivity contribution >= 4 is 12.3 Å². The first kappa shape index (κ1) is 12.1. The number of methoxy groups -OCH3 is 2. The molecule has 0 aliphatic rings. The Morgan fingerprint density at radius 2 is 2.00 bits per heavy atom. The molecule has 86 valence electrons. The third kappa shape index (κ3) is 1.86. The van der Waals surface area contributed by atoms with Crippen molar-refractivity contribution in [2.24, 2.45) is 0 Å². The predicted octanol–water partition coefficient (Wildman–Crippen LogP) is 1.57. The Hall–Kier alpha value is -1.98. The first-order valence-electron chi connectivity index (χ1n) is 4.16. The van der Waals surface area contributed by atoms with Gasteiger partial charge in [-0.25, -0.2) is 13.6 Å². The topological polar surface area (TPSA) is 52.6 Å². The molecule has 1 aromatic carbocycles. The summed E-state index contributed by atoms with van der Waals surface area (Å²) in [5.41, 5.74) is -1.07. The molecule has 0 aliphatic heterocycles. The van der Waals surface area contributed by atoms with Gasteiger partial charge < -0.3 is 9.47 Å². The van der Waals surface area contributed by atoms with Gasteiger partial charge in [0, 0.05) is 5.56 Å². The molecule has 0 N–H and O–H groups in total. The van der Waals surface area contributed by atoms with E-state index in [1.807, 2.05) is 0 Å². The number of hydrogen-bond acceptors (Lipinski definition) is 4. The lowest BCUT2D eigenvalue weighted by Crippen LogP contribution is -2.11. The number of carbonyl (C=O) groups excluding carboxylic acids is 2. The second-order valence-corrected chi connectivity index (χ2v) is 2.78. The maximum atomic E-state index is 13.6. The molecule has 0 radical (unpaired) electrons. The van der Waals surface area contributed by atoms with Crippen molar-refractivity contribution in [1.29, 1.82) is 0 Å². The van der Waals surface area contributed by atoms with Crippen molar-refractivity contribution in [1.82, 2.24) is 0 Å². The van der Waals surface area contributed by atoms with Gasteiger partial charge in [0.2, 0.25) is 0 Å². The Kier molecular flexibility index (Phi) is 3.55. The van der Waals surface area contributed by atoms with Crippen LogP contribution in [0.2, 0.25) is 0 Å². The maximum Gasteiger partial charge on any atom is 0.341 e. The van der Waals surface area contributed by atoms with E-state index in [9.17, 15) is 18.4 Å². The standard InChI is InChI=1S/C10H8F2O4/c1-15-9-6(11)3-5(4-13)7(8(9)12)10(14)16-2/h3-4H,1-2H3. The second kappa shape index (κ2) is 4.69. The fourth-order valence-corrected chi connectivity index (χ4v) is 1.21. The molecule has 0 atom stereocenters. The van der Waals surface area contributed by atoms with Crippen LogP contribution in [0.3, 0.4) is 0 Å². The number of rotatable bonds is 3. The third-order valence-corrected chi connectivity index (χ3v) is 1.93. The molecule has 0 unspecified atom stereocenters. The SMILES string of the molecule is COC(=O)c1c(C=O)cc(F)c(OC)c1F. The van der Waals surface area contributed by atoms with Gasteiger partial charge in [0.15, 0.2) is 23.7 Å².